The molecule has 6 heteroatoms. The number of aliphatic imine (C=N–C) groups is 1. The average molecular weight is 435 g/mol. The Hall–Kier alpha value is -1.18. The summed E-state index contributed by atoms with van der Waals surface area (Å²) in [4.78, 5) is 6.49. The maximum absolute atomic E-state index is 5.98. The van der Waals surface area contributed by atoms with Crippen molar-refractivity contribution < 1.29 is 9.47 Å². The summed E-state index contributed by atoms with van der Waals surface area (Å²) in [5.41, 5.74) is 7.15. The van der Waals surface area contributed by atoms with Gasteiger partial charge in [0.25, 0.3) is 0 Å². The first-order valence-corrected chi connectivity index (χ1v) is 8.09. The second-order valence-corrected chi connectivity index (χ2v) is 4.81. The minimum absolute atomic E-state index is 0. The highest BCUT2D eigenvalue weighted by Gasteiger charge is 2.06. The highest BCUT2D eigenvalue weighted by molar-refractivity contribution is 14.0. The zero-order valence-corrected chi connectivity index (χ0v) is 17.0. The fourth-order valence-corrected chi connectivity index (χ4v) is 2.20. The van der Waals surface area contributed by atoms with Gasteiger partial charge in [0, 0.05) is 19.6 Å². The minimum atomic E-state index is 0. The van der Waals surface area contributed by atoms with Crippen LogP contribution >= 0.6 is 24.0 Å². The van der Waals surface area contributed by atoms with E-state index in [0.717, 1.165) is 31.0 Å². The minimum Gasteiger partial charge on any atom is -0.490 e. The SMILES string of the molecule is CCOc1ccc(CCN=C(N)N(CC)CC)cc1OCC.I. The van der Waals surface area contributed by atoms with E-state index < -0.39 is 0 Å². The molecule has 0 aliphatic heterocycles. The van der Waals surface area contributed by atoms with Gasteiger partial charge in [-0.2, -0.15) is 0 Å². The van der Waals surface area contributed by atoms with Gasteiger partial charge in [0.1, 0.15) is 0 Å². The van der Waals surface area contributed by atoms with E-state index in [9.17, 15) is 0 Å². The molecule has 1 rings (SSSR count). The van der Waals surface area contributed by atoms with E-state index in [1.165, 1.54) is 5.56 Å². The van der Waals surface area contributed by atoms with Crippen molar-refractivity contribution in [3.05, 3.63) is 23.8 Å². The summed E-state index contributed by atoms with van der Waals surface area (Å²) < 4.78 is 11.2. The first-order chi connectivity index (χ1) is 10.7. The van der Waals surface area contributed by atoms with Gasteiger partial charge in [-0.15, -0.1) is 24.0 Å². The Labute approximate surface area is 157 Å². The maximum Gasteiger partial charge on any atom is 0.191 e. The van der Waals surface area contributed by atoms with E-state index >= 15 is 0 Å². The average Bonchev–Trinajstić information content (AvgIpc) is 2.51. The van der Waals surface area contributed by atoms with Gasteiger partial charge in [-0.3, -0.25) is 4.99 Å². The molecule has 0 amide bonds. The number of hydrogen-bond donors (Lipinski definition) is 1. The Balaban J connectivity index is 0.00000484. The van der Waals surface area contributed by atoms with Crippen LogP contribution in [0.15, 0.2) is 23.2 Å². The zero-order chi connectivity index (χ0) is 16.4. The molecule has 0 aliphatic rings. The zero-order valence-electron chi connectivity index (χ0n) is 14.7. The Morgan fingerprint density at radius 3 is 2.22 bits per heavy atom. The molecule has 0 heterocycles. The third kappa shape index (κ3) is 7.28. The van der Waals surface area contributed by atoms with Gasteiger partial charge in [-0.25, -0.2) is 0 Å². The van der Waals surface area contributed by atoms with Gasteiger partial charge in [-0.1, -0.05) is 6.07 Å². The molecule has 0 fully saturated rings. The first kappa shape index (κ1) is 21.8. The van der Waals surface area contributed by atoms with Crippen molar-refractivity contribution in [1.29, 1.82) is 0 Å². The predicted molar refractivity (Wildman–Crippen MR) is 107 cm³/mol. The molecule has 0 saturated heterocycles. The topological polar surface area (TPSA) is 60.1 Å². The maximum atomic E-state index is 5.98. The lowest BCUT2D eigenvalue weighted by Gasteiger charge is -2.19. The van der Waals surface area contributed by atoms with Crippen LogP contribution in [-0.4, -0.2) is 43.7 Å². The predicted octanol–water partition coefficient (Wildman–Crippen LogP) is 3.30. The number of nitrogens with two attached hydrogens (primary N) is 1. The summed E-state index contributed by atoms with van der Waals surface area (Å²) >= 11 is 0. The molecule has 0 radical (unpaired) electrons. The summed E-state index contributed by atoms with van der Waals surface area (Å²) in [6.45, 7) is 11.8. The molecule has 2 N–H and O–H groups in total. The number of nitrogens with zero attached hydrogens (tertiary/aromatic N) is 2. The lowest BCUT2D eigenvalue weighted by molar-refractivity contribution is 0.287. The molecule has 0 spiro atoms. The van der Waals surface area contributed by atoms with E-state index in [4.69, 9.17) is 15.2 Å². The molecule has 0 unspecified atom stereocenters. The third-order valence-electron chi connectivity index (χ3n) is 3.37. The molecule has 1 aromatic rings. The monoisotopic (exact) mass is 435 g/mol. The van der Waals surface area contributed by atoms with E-state index in [1.54, 1.807) is 0 Å². The highest BCUT2D eigenvalue weighted by atomic mass is 127. The van der Waals surface area contributed by atoms with Crippen LogP contribution in [0.4, 0.5) is 0 Å². The van der Waals surface area contributed by atoms with Crippen LogP contribution in [0.2, 0.25) is 0 Å². The smallest absolute Gasteiger partial charge is 0.191 e. The lowest BCUT2D eigenvalue weighted by Crippen LogP contribution is -2.37. The molecular weight excluding hydrogens is 405 g/mol. The summed E-state index contributed by atoms with van der Waals surface area (Å²) in [5, 5.41) is 0. The number of guanidine groups is 1. The molecule has 0 saturated carbocycles. The van der Waals surface area contributed by atoms with Gasteiger partial charge in [0.15, 0.2) is 17.5 Å². The van der Waals surface area contributed by atoms with Crippen LogP contribution in [0.25, 0.3) is 0 Å². The van der Waals surface area contributed by atoms with Crippen LogP contribution in [-0.2, 0) is 6.42 Å². The van der Waals surface area contributed by atoms with Crippen LogP contribution in [0.3, 0.4) is 0 Å². The number of halogens is 1. The van der Waals surface area contributed by atoms with E-state index in [-0.39, 0.29) is 24.0 Å². The number of hydrogen-bond acceptors (Lipinski definition) is 3. The van der Waals surface area contributed by atoms with Crippen molar-refractivity contribution in [2.75, 3.05) is 32.8 Å². The summed E-state index contributed by atoms with van der Waals surface area (Å²) in [6, 6.07) is 6.04. The second kappa shape index (κ2) is 12.3. The first-order valence-electron chi connectivity index (χ1n) is 8.09. The van der Waals surface area contributed by atoms with E-state index in [1.807, 2.05) is 30.9 Å². The summed E-state index contributed by atoms with van der Waals surface area (Å²) in [6.07, 6.45) is 0.828. The Bertz CT molecular complexity index is 477. The molecule has 0 bridgehead atoms. The van der Waals surface area contributed by atoms with Crippen LogP contribution in [0.5, 0.6) is 11.5 Å². The summed E-state index contributed by atoms with van der Waals surface area (Å²) in [7, 11) is 0. The fraction of sp³-hybridized carbons (Fsp3) is 0.588. The molecule has 1 aromatic carbocycles. The van der Waals surface area contributed by atoms with Gasteiger partial charge in [0.2, 0.25) is 0 Å². The number of benzene rings is 1. The quantitative estimate of drug-likeness (QED) is 0.368. The number of rotatable bonds is 9. The molecule has 132 valence electrons. The Kier molecular flexibility index (Phi) is 11.6. The van der Waals surface area contributed by atoms with Crippen molar-refractivity contribution in [3.8, 4) is 11.5 Å². The normalized spacial score (nSPS) is 10.9. The van der Waals surface area contributed by atoms with E-state index in [2.05, 4.69) is 24.9 Å². The molecule has 0 aromatic heterocycles. The van der Waals surface area contributed by atoms with Crippen molar-refractivity contribution in [2.24, 2.45) is 10.7 Å². The number of ether oxygens (including phenoxy) is 2. The lowest BCUT2D eigenvalue weighted by atomic mass is 10.1. The second-order valence-electron chi connectivity index (χ2n) is 4.81. The van der Waals surface area contributed by atoms with Gasteiger partial charge in [0.05, 0.1) is 13.2 Å². The fourth-order valence-electron chi connectivity index (χ4n) is 2.20. The largest absolute Gasteiger partial charge is 0.490 e. The Morgan fingerprint density at radius 1 is 1.04 bits per heavy atom. The standard InChI is InChI=1S/C17H29N3O2.HI/c1-5-20(6-2)17(18)19-12-11-14-9-10-15(21-7-3)16(13-14)22-8-4;/h9-10,13H,5-8,11-12H2,1-4H3,(H2,18,19);1H. The van der Waals surface area contributed by atoms with Crippen molar-refractivity contribution in [3.63, 3.8) is 0 Å². The molecule has 0 aliphatic carbocycles. The van der Waals surface area contributed by atoms with Crippen LogP contribution < -0.4 is 15.2 Å². The van der Waals surface area contributed by atoms with E-state index in [0.29, 0.717) is 25.7 Å². The van der Waals surface area contributed by atoms with Crippen molar-refractivity contribution >= 4 is 29.9 Å². The molecule has 0 atom stereocenters. The molecular formula is C17H30IN3O2. The van der Waals surface area contributed by atoms with Gasteiger partial charge in [-0.05, 0) is 51.8 Å². The molecule has 23 heavy (non-hydrogen) atoms. The van der Waals surface area contributed by atoms with Gasteiger partial charge >= 0.3 is 0 Å². The highest BCUT2D eigenvalue weighted by Crippen LogP contribution is 2.28. The molecule has 5 nitrogen and oxygen atoms in total. The van der Waals surface area contributed by atoms with Crippen LogP contribution in [0.1, 0.15) is 33.3 Å². The Morgan fingerprint density at radius 2 is 1.65 bits per heavy atom. The third-order valence-corrected chi connectivity index (χ3v) is 3.37. The van der Waals surface area contributed by atoms with Crippen LogP contribution in [0, 0.1) is 0 Å². The van der Waals surface area contributed by atoms with Crippen molar-refractivity contribution in [2.45, 2.75) is 34.1 Å². The summed E-state index contributed by atoms with van der Waals surface area (Å²) in [5.74, 6) is 2.20. The van der Waals surface area contributed by atoms with Gasteiger partial charge < -0.3 is 20.1 Å². The van der Waals surface area contributed by atoms with Crippen molar-refractivity contribution in [1.82, 2.24) is 4.90 Å².